The molecule has 1 aromatic carbocycles. The first-order valence-electron chi connectivity index (χ1n) is 4.19. The van der Waals surface area contributed by atoms with Gasteiger partial charge in [-0.3, -0.25) is 4.79 Å². The summed E-state index contributed by atoms with van der Waals surface area (Å²) in [6, 6.07) is 4.42. The highest BCUT2D eigenvalue weighted by molar-refractivity contribution is 6.33. The van der Waals surface area contributed by atoms with E-state index in [1.807, 2.05) is 0 Å². The quantitative estimate of drug-likeness (QED) is 0.477. The fraction of sp³-hybridized carbons (Fsp3) is 0.222. The molecule has 0 saturated heterocycles. The minimum absolute atomic E-state index is 0.231. The van der Waals surface area contributed by atoms with Crippen LogP contribution < -0.4 is 5.73 Å². The largest absolute Gasteiger partial charge is 0.366 e. The maximum atomic E-state index is 11.0. The van der Waals surface area contributed by atoms with Crippen molar-refractivity contribution >= 4 is 17.5 Å². The van der Waals surface area contributed by atoms with Gasteiger partial charge in [0, 0.05) is 4.91 Å². The van der Waals surface area contributed by atoms with Crippen LogP contribution in [0.1, 0.15) is 28.9 Å². The normalized spacial score (nSPS) is 11.6. The molecule has 1 rings (SSSR count). The summed E-state index contributed by atoms with van der Waals surface area (Å²) in [7, 11) is 0. The third-order valence-electron chi connectivity index (χ3n) is 1.96. The number of nitrogens with zero attached hydrogens (tertiary/aromatic N) is 3. The maximum absolute atomic E-state index is 11.0. The van der Waals surface area contributed by atoms with Gasteiger partial charge in [0.1, 0.15) is 0 Å². The minimum Gasteiger partial charge on any atom is -0.366 e. The lowest BCUT2D eigenvalue weighted by Crippen LogP contribution is -2.12. The average Bonchev–Trinajstić information content (AvgIpc) is 2.18. The molecule has 0 bridgehead atoms. The molecule has 0 heterocycles. The monoisotopic (exact) mass is 224 g/mol. The van der Waals surface area contributed by atoms with Crippen LogP contribution in [0.5, 0.6) is 0 Å². The molecular formula is C9H9ClN4O. The average molecular weight is 225 g/mol. The number of carbonyl (C=O) groups is 1. The van der Waals surface area contributed by atoms with Gasteiger partial charge in [-0.25, -0.2) is 0 Å². The summed E-state index contributed by atoms with van der Waals surface area (Å²) in [5, 5.41) is 3.80. The molecule has 1 unspecified atom stereocenters. The molecule has 0 aliphatic rings. The third-order valence-corrected chi connectivity index (χ3v) is 2.29. The summed E-state index contributed by atoms with van der Waals surface area (Å²) in [5.74, 6) is -0.602. The standard InChI is InChI=1S/C9H9ClN4O/c1-5(13-14-12)6-2-3-8(10)7(4-6)9(11)15/h2-5H,1H3,(H2,11,15). The molecule has 1 amide bonds. The molecule has 5 nitrogen and oxygen atoms in total. The van der Waals surface area contributed by atoms with Gasteiger partial charge in [-0.2, -0.15) is 0 Å². The second-order valence-corrected chi connectivity index (χ2v) is 3.39. The highest BCUT2D eigenvalue weighted by Crippen LogP contribution is 2.23. The van der Waals surface area contributed by atoms with Crippen molar-refractivity contribution in [2.45, 2.75) is 13.0 Å². The van der Waals surface area contributed by atoms with Gasteiger partial charge in [0.15, 0.2) is 0 Å². The Morgan fingerprint density at radius 1 is 1.67 bits per heavy atom. The summed E-state index contributed by atoms with van der Waals surface area (Å²) in [5.41, 5.74) is 14.3. The zero-order chi connectivity index (χ0) is 11.4. The number of azide groups is 1. The zero-order valence-corrected chi connectivity index (χ0v) is 8.77. The van der Waals surface area contributed by atoms with Crippen molar-refractivity contribution in [3.05, 3.63) is 44.8 Å². The lowest BCUT2D eigenvalue weighted by atomic mass is 10.1. The van der Waals surface area contributed by atoms with Crippen LogP contribution in [0.25, 0.3) is 10.4 Å². The van der Waals surface area contributed by atoms with Crippen LogP contribution in [0.3, 0.4) is 0 Å². The van der Waals surface area contributed by atoms with E-state index in [0.29, 0.717) is 10.6 Å². The summed E-state index contributed by atoms with van der Waals surface area (Å²) < 4.78 is 0. The topological polar surface area (TPSA) is 91.8 Å². The van der Waals surface area contributed by atoms with Crippen LogP contribution >= 0.6 is 11.6 Å². The van der Waals surface area contributed by atoms with Gasteiger partial charge < -0.3 is 5.73 Å². The van der Waals surface area contributed by atoms with Gasteiger partial charge >= 0.3 is 0 Å². The third kappa shape index (κ3) is 2.62. The number of hydrogen-bond donors (Lipinski definition) is 1. The van der Waals surface area contributed by atoms with Crippen molar-refractivity contribution in [2.75, 3.05) is 0 Å². The van der Waals surface area contributed by atoms with Gasteiger partial charge in [0.05, 0.1) is 16.6 Å². The first-order chi connectivity index (χ1) is 7.06. The minimum atomic E-state index is -0.602. The Hall–Kier alpha value is -1.71. The molecule has 0 fully saturated rings. The smallest absolute Gasteiger partial charge is 0.250 e. The molecule has 0 aliphatic carbocycles. The predicted octanol–water partition coefficient (Wildman–Crippen LogP) is 2.81. The van der Waals surface area contributed by atoms with Crippen molar-refractivity contribution in [3.8, 4) is 0 Å². The number of primary amides is 1. The Labute approximate surface area is 91.5 Å². The Morgan fingerprint density at radius 2 is 2.33 bits per heavy atom. The van der Waals surface area contributed by atoms with E-state index in [1.165, 1.54) is 6.07 Å². The highest BCUT2D eigenvalue weighted by Gasteiger charge is 2.10. The molecule has 1 aromatic rings. The van der Waals surface area contributed by atoms with Gasteiger partial charge in [0.25, 0.3) is 0 Å². The van der Waals surface area contributed by atoms with Crippen molar-refractivity contribution in [1.82, 2.24) is 0 Å². The Kier molecular flexibility index (Phi) is 3.55. The predicted molar refractivity (Wildman–Crippen MR) is 57.5 cm³/mol. The molecule has 0 aliphatic heterocycles. The first-order valence-corrected chi connectivity index (χ1v) is 4.57. The lowest BCUT2D eigenvalue weighted by Gasteiger charge is -2.07. The molecule has 15 heavy (non-hydrogen) atoms. The van der Waals surface area contributed by atoms with Gasteiger partial charge in [-0.15, -0.1) is 0 Å². The molecule has 1 atom stereocenters. The summed E-state index contributed by atoms with van der Waals surface area (Å²) in [4.78, 5) is 13.7. The van der Waals surface area contributed by atoms with Crippen LogP contribution in [-0.4, -0.2) is 5.91 Å². The van der Waals surface area contributed by atoms with Crippen molar-refractivity contribution in [3.63, 3.8) is 0 Å². The SMILES string of the molecule is CC(N=[N+]=[N-])c1ccc(Cl)c(C(N)=O)c1. The van der Waals surface area contributed by atoms with Crippen molar-refractivity contribution in [1.29, 1.82) is 0 Å². The molecule has 0 aromatic heterocycles. The number of carbonyl (C=O) groups excluding carboxylic acids is 1. The van der Waals surface area contributed by atoms with Crippen molar-refractivity contribution in [2.24, 2.45) is 10.8 Å². The van der Waals surface area contributed by atoms with Crippen LogP contribution in [0, 0.1) is 0 Å². The fourth-order valence-corrected chi connectivity index (χ4v) is 1.35. The van der Waals surface area contributed by atoms with E-state index in [-0.39, 0.29) is 11.6 Å². The van der Waals surface area contributed by atoms with Gasteiger partial charge in [0.2, 0.25) is 5.91 Å². The van der Waals surface area contributed by atoms with Crippen LogP contribution in [0.15, 0.2) is 23.3 Å². The molecule has 6 heteroatoms. The van der Waals surface area contributed by atoms with Crippen LogP contribution in [0.2, 0.25) is 5.02 Å². The van der Waals surface area contributed by atoms with E-state index in [2.05, 4.69) is 10.0 Å². The van der Waals surface area contributed by atoms with E-state index >= 15 is 0 Å². The molecule has 2 N–H and O–H groups in total. The summed E-state index contributed by atoms with van der Waals surface area (Å²) >= 11 is 5.77. The zero-order valence-electron chi connectivity index (χ0n) is 8.01. The van der Waals surface area contributed by atoms with E-state index < -0.39 is 5.91 Å². The van der Waals surface area contributed by atoms with E-state index in [1.54, 1.807) is 19.1 Å². The number of nitrogens with two attached hydrogens (primary N) is 1. The number of hydrogen-bond acceptors (Lipinski definition) is 2. The number of amides is 1. The first kappa shape index (κ1) is 11.4. The Morgan fingerprint density at radius 3 is 2.87 bits per heavy atom. The second kappa shape index (κ2) is 4.68. The van der Waals surface area contributed by atoms with Crippen molar-refractivity contribution < 1.29 is 4.79 Å². The fourth-order valence-electron chi connectivity index (χ4n) is 1.14. The summed E-state index contributed by atoms with van der Waals surface area (Å²) in [6.45, 7) is 1.72. The van der Waals surface area contributed by atoms with E-state index in [9.17, 15) is 4.79 Å². The van der Waals surface area contributed by atoms with Crippen LogP contribution in [-0.2, 0) is 0 Å². The number of rotatable bonds is 3. The number of benzene rings is 1. The Balaban J connectivity index is 3.18. The highest BCUT2D eigenvalue weighted by atomic mass is 35.5. The Bertz CT molecular complexity index is 440. The number of halogens is 1. The summed E-state index contributed by atoms with van der Waals surface area (Å²) in [6.07, 6.45) is 0. The van der Waals surface area contributed by atoms with Gasteiger partial charge in [-0.1, -0.05) is 29.7 Å². The van der Waals surface area contributed by atoms with E-state index in [0.717, 1.165) is 0 Å². The maximum Gasteiger partial charge on any atom is 0.250 e. The molecule has 0 spiro atoms. The molecule has 0 saturated carbocycles. The molecular weight excluding hydrogens is 216 g/mol. The van der Waals surface area contributed by atoms with Gasteiger partial charge in [-0.05, 0) is 23.2 Å². The molecule has 78 valence electrons. The van der Waals surface area contributed by atoms with E-state index in [4.69, 9.17) is 22.9 Å². The second-order valence-electron chi connectivity index (χ2n) is 2.98. The molecule has 0 radical (unpaired) electrons. The van der Waals surface area contributed by atoms with Crippen LogP contribution in [0.4, 0.5) is 0 Å². The lowest BCUT2D eigenvalue weighted by molar-refractivity contribution is 0.100.